The fourth-order valence-electron chi connectivity index (χ4n) is 2.24. The highest BCUT2D eigenvalue weighted by atomic mass is 79.9. The van der Waals surface area contributed by atoms with E-state index in [0.29, 0.717) is 6.54 Å². The van der Waals surface area contributed by atoms with Crippen LogP contribution in [0.15, 0.2) is 22.7 Å². The minimum Gasteiger partial charge on any atom is -0.383 e. The molecule has 2 rings (SSSR count). The monoisotopic (exact) mass is 310 g/mol. The van der Waals surface area contributed by atoms with Gasteiger partial charge in [0.2, 0.25) is 5.91 Å². The van der Waals surface area contributed by atoms with Crippen LogP contribution in [0.1, 0.15) is 27.2 Å². The number of rotatable bonds is 1. The number of carbonyl (C=O) groups excluding carboxylic acids is 1. The quantitative estimate of drug-likeness (QED) is 0.827. The zero-order chi connectivity index (χ0) is 13.3. The van der Waals surface area contributed by atoms with E-state index in [1.54, 1.807) is 0 Å². The Morgan fingerprint density at radius 2 is 2.06 bits per heavy atom. The lowest BCUT2D eigenvalue weighted by Crippen LogP contribution is -2.29. The molecule has 1 amide bonds. The minimum atomic E-state index is 0.0103. The summed E-state index contributed by atoms with van der Waals surface area (Å²) in [6, 6.07) is 5.89. The van der Waals surface area contributed by atoms with Crippen LogP contribution in [-0.4, -0.2) is 12.5 Å². The Kier molecular flexibility index (Phi) is 3.66. The Balaban J connectivity index is 2.19. The van der Waals surface area contributed by atoms with Crippen molar-refractivity contribution in [3.63, 3.8) is 0 Å². The predicted molar refractivity (Wildman–Crippen MR) is 78.8 cm³/mol. The molecule has 0 bridgehead atoms. The third-order valence-electron chi connectivity index (χ3n) is 3.01. The third kappa shape index (κ3) is 3.25. The number of fused-ring (bicyclic) bond motifs is 1. The molecule has 3 nitrogen and oxygen atoms in total. The fourth-order valence-corrected chi connectivity index (χ4v) is 2.60. The van der Waals surface area contributed by atoms with Gasteiger partial charge in [-0.05, 0) is 30.0 Å². The molecule has 1 atom stereocenters. The fraction of sp³-hybridized carbons (Fsp3) is 0.500. The first-order chi connectivity index (χ1) is 8.35. The van der Waals surface area contributed by atoms with E-state index in [0.717, 1.165) is 22.3 Å². The summed E-state index contributed by atoms with van der Waals surface area (Å²) >= 11 is 3.42. The van der Waals surface area contributed by atoms with Gasteiger partial charge in [-0.3, -0.25) is 4.79 Å². The van der Waals surface area contributed by atoms with Gasteiger partial charge in [0, 0.05) is 11.0 Å². The molecule has 98 valence electrons. The SMILES string of the molecule is CC(C)(C)CC1CNc2ccc(Br)cc2NC1=O. The Morgan fingerprint density at radius 3 is 2.72 bits per heavy atom. The van der Waals surface area contributed by atoms with Crippen molar-refractivity contribution in [3.05, 3.63) is 22.7 Å². The zero-order valence-corrected chi connectivity index (χ0v) is 12.6. The van der Waals surface area contributed by atoms with Gasteiger partial charge in [-0.2, -0.15) is 0 Å². The van der Waals surface area contributed by atoms with Crippen molar-refractivity contribution in [1.29, 1.82) is 0 Å². The van der Waals surface area contributed by atoms with E-state index in [1.807, 2.05) is 18.2 Å². The van der Waals surface area contributed by atoms with Gasteiger partial charge >= 0.3 is 0 Å². The van der Waals surface area contributed by atoms with Gasteiger partial charge in [0.25, 0.3) is 0 Å². The summed E-state index contributed by atoms with van der Waals surface area (Å²) in [7, 11) is 0. The second-order valence-corrected chi connectivity index (χ2v) is 6.94. The van der Waals surface area contributed by atoms with E-state index in [-0.39, 0.29) is 17.2 Å². The van der Waals surface area contributed by atoms with Gasteiger partial charge in [0.15, 0.2) is 0 Å². The number of hydrogen-bond donors (Lipinski definition) is 2. The third-order valence-corrected chi connectivity index (χ3v) is 3.50. The van der Waals surface area contributed by atoms with Gasteiger partial charge in [-0.25, -0.2) is 0 Å². The second kappa shape index (κ2) is 4.92. The standard InChI is InChI=1S/C14H19BrN2O/c1-14(2,3)7-9-8-16-11-5-4-10(15)6-12(11)17-13(9)18/h4-6,9,16H,7-8H2,1-3H3,(H,17,18). The summed E-state index contributed by atoms with van der Waals surface area (Å²) in [5.74, 6) is 0.116. The van der Waals surface area contributed by atoms with Crippen molar-refractivity contribution >= 4 is 33.2 Å². The molecule has 1 aliphatic heterocycles. The first kappa shape index (κ1) is 13.4. The summed E-state index contributed by atoms with van der Waals surface area (Å²) in [6.45, 7) is 7.18. The number of nitrogens with one attached hydrogen (secondary N) is 2. The van der Waals surface area contributed by atoms with Gasteiger partial charge in [-0.1, -0.05) is 36.7 Å². The number of hydrogen-bond acceptors (Lipinski definition) is 2. The number of amides is 1. The largest absolute Gasteiger partial charge is 0.383 e. The molecule has 0 fully saturated rings. The normalized spacial score (nSPS) is 19.6. The topological polar surface area (TPSA) is 41.1 Å². The van der Waals surface area contributed by atoms with Crippen LogP contribution in [0.25, 0.3) is 0 Å². The molecule has 0 aromatic heterocycles. The van der Waals surface area contributed by atoms with Crippen molar-refractivity contribution in [1.82, 2.24) is 0 Å². The number of benzene rings is 1. The highest BCUT2D eigenvalue weighted by molar-refractivity contribution is 9.10. The summed E-state index contributed by atoms with van der Waals surface area (Å²) in [4.78, 5) is 12.2. The lowest BCUT2D eigenvalue weighted by Gasteiger charge is -2.23. The Hall–Kier alpha value is -1.03. The Bertz CT molecular complexity index is 465. The lowest BCUT2D eigenvalue weighted by atomic mass is 9.84. The maximum absolute atomic E-state index is 12.2. The van der Waals surface area contributed by atoms with Crippen LogP contribution in [0.2, 0.25) is 0 Å². The second-order valence-electron chi connectivity index (χ2n) is 6.02. The molecule has 0 spiro atoms. The highest BCUT2D eigenvalue weighted by Crippen LogP contribution is 2.32. The average molecular weight is 311 g/mol. The smallest absolute Gasteiger partial charge is 0.229 e. The summed E-state index contributed by atoms with van der Waals surface area (Å²) < 4.78 is 0.970. The molecule has 2 N–H and O–H groups in total. The van der Waals surface area contributed by atoms with Crippen molar-refractivity contribution in [2.75, 3.05) is 17.2 Å². The van der Waals surface area contributed by atoms with Crippen LogP contribution in [0.3, 0.4) is 0 Å². The molecule has 0 aliphatic carbocycles. The van der Waals surface area contributed by atoms with Gasteiger partial charge in [0.1, 0.15) is 0 Å². The van der Waals surface area contributed by atoms with E-state index in [1.165, 1.54) is 0 Å². The molecule has 0 saturated heterocycles. The maximum Gasteiger partial charge on any atom is 0.229 e. The van der Waals surface area contributed by atoms with Crippen molar-refractivity contribution < 1.29 is 4.79 Å². The lowest BCUT2D eigenvalue weighted by molar-refractivity contribution is -0.120. The van der Waals surface area contributed by atoms with E-state index in [2.05, 4.69) is 47.3 Å². The molecule has 0 saturated carbocycles. The molecule has 1 aromatic rings. The maximum atomic E-state index is 12.2. The number of halogens is 1. The van der Waals surface area contributed by atoms with Gasteiger partial charge < -0.3 is 10.6 Å². The minimum absolute atomic E-state index is 0.0103. The van der Waals surface area contributed by atoms with Crippen LogP contribution in [0, 0.1) is 11.3 Å². The van der Waals surface area contributed by atoms with Crippen LogP contribution < -0.4 is 10.6 Å². The van der Waals surface area contributed by atoms with Crippen LogP contribution >= 0.6 is 15.9 Å². The van der Waals surface area contributed by atoms with Crippen molar-refractivity contribution in [3.8, 4) is 0 Å². The van der Waals surface area contributed by atoms with Crippen LogP contribution in [0.5, 0.6) is 0 Å². The first-order valence-corrected chi connectivity index (χ1v) is 6.99. The Labute approximate surface area is 116 Å². The molecule has 0 radical (unpaired) electrons. The van der Waals surface area contributed by atoms with Gasteiger partial charge in [-0.15, -0.1) is 0 Å². The van der Waals surface area contributed by atoms with E-state index in [9.17, 15) is 4.79 Å². The first-order valence-electron chi connectivity index (χ1n) is 6.19. The molecular formula is C14H19BrN2O. The summed E-state index contributed by atoms with van der Waals surface area (Å²) in [6.07, 6.45) is 0.876. The summed E-state index contributed by atoms with van der Waals surface area (Å²) in [5.41, 5.74) is 1.99. The molecule has 1 aliphatic rings. The molecular weight excluding hydrogens is 292 g/mol. The molecule has 1 aromatic carbocycles. The van der Waals surface area contributed by atoms with Crippen molar-refractivity contribution in [2.45, 2.75) is 27.2 Å². The predicted octanol–water partition coefficient (Wildman–Crippen LogP) is 3.87. The molecule has 4 heteroatoms. The van der Waals surface area contributed by atoms with Crippen LogP contribution in [-0.2, 0) is 4.79 Å². The molecule has 1 heterocycles. The van der Waals surface area contributed by atoms with Crippen LogP contribution in [0.4, 0.5) is 11.4 Å². The van der Waals surface area contributed by atoms with E-state index >= 15 is 0 Å². The zero-order valence-electron chi connectivity index (χ0n) is 11.0. The summed E-state index contributed by atoms with van der Waals surface area (Å²) in [5, 5.41) is 6.36. The average Bonchev–Trinajstić information content (AvgIpc) is 2.37. The van der Waals surface area contributed by atoms with E-state index in [4.69, 9.17) is 0 Å². The molecule has 18 heavy (non-hydrogen) atoms. The number of carbonyl (C=O) groups is 1. The molecule has 1 unspecified atom stereocenters. The Morgan fingerprint density at radius 1 is 1.33 bits per heavy atom. The van der Waals surface area contributed by atoms with E-state index < -0.39 is 0 Å². The highest BCUT2D eigenvalue weighted by Gasteiger charge is 2.27. The van der Waals surface area contributed by atoms with Gasteiger partial charge in [0.05, 0.1) is 17.3 Å². The number of anilines is 2. The van der Waals surface area contributed by atoms with Crippen molar-refractivity contribution in [2.24, 2.45) is 11.3 Å².